The number of primary amides is 1. The Morgan fingerprint density at radius 3 is 2.00 bits per heavy atom. The zero-order chi connectivity index (χ0) is 5.15. The van der Waals surface area contributed by atoms with Crippen LogP contribution in [0.25, 0.3) is 0 Å². The van der Waals surface area contributed by atoms with Crippen molar-refractivity contribution in [3.05, 3.63) is 11.5 Å². The lowest BCUT2D eigenvalue weighted by molar-refractivity contribution is -0.113. The summed E-state index contributed by atoms with van der Waals surface area (Å²) in [5.41, 5.74) is 4.59. The predicted molar refractivity (Wildman–Crippen MR) is 25.9 cm³/mol. The first-order valence-corrected chi connectivity index (χ1v) is 1.71. The van der Waals surface area contributed by atoms with Crippen LogP contribution in [0.1, 0.15) is 0 Å². The Balaban J connectivity index is 3.57. The van der Waals surface area contributed by atoms with Crippen molar-refractivity contribution < 1.29 is 4.79 Å². The van der Waals surface area contributed by atoms with Crippen LogP contribution in [0.3, 0.4) is 0 Å². The summed E-state index contributed by atoms with van der Waals surface area (Å²) in [5.74, 6) is -0.620. The topological polar surface area (TPSA) is 43.1 Å². The number of hydrogen-bond donors (Lipinski definition) is 1. The fourth-order valence-corrected chi connectivity index (χ4v) is 0. The minimum absolute atomic E-state index is 0.0185. The van der Waals surface area contributed by atoms with Gasteiger partial charge in [-0.1, -0.05) is 19.2 Å². The van der Waals surface area contributed by atoms with Gasteiger partial charge < -0.3 is 5.73 Å². The molecule has 2 nitrogen and oxygen atoms in total. The average molecular weight is 102 g/mol. The van der Waals surface area contributed by atoms with Crippen molar-refractivity contribution in [3.8, 4) is 0 Å². The van der Waals surface area contributed by atoms with Gasteiger partial charge in [0.15, 0.2) is 0 Å². The van der Waals surface area contributed by atoms with Gasteiger partial charge in [-0.15, -0.1) is 0 Å². The molecule has 1 amide bonds. The Bertz CT molecular complexity index is 76.8. The van der Waals surface area contributed by atoms with Gasteiger partial charge in [0, 0.05) is 0 Å². The van der Waals surface area contributed by atoms with E-state index >= 15 is 0 Å². The molecular formula is C3H4NOS. The third-order valence-electron chi connectivity index (χ3n) is 0.275. The highest BCUT2D eigenvalue weighted by Gasteiger charge is 1.90. The van der Waals surface area contributed by atoms with E-state index in [4.69, 9.17) is 0 Å². The van der Waals surface area contributed by atoms with Gasteiger partial charge in [0.25, 0.3) is 5.91 Å². The minimum Gasteiger partial charge on any atom is -0.365 e. The number of rotatable bonds is 1. The molecular weight excluding hydrogens is 98.1 g/mol. The van der Waals surface area contributed by atoms with Crippen molar-refractivity contribution in [1.82, 2.24) is 0 Å². The van der Waals surface area contributed by atoms with E-state index in [0.29, 0.717) is 0 Å². The first-order chi connectivity index (χ1) is 2.64. The van der Waals surface area contributed by atoms with Gasteiger partial charge in [0.2, 0.25) is 0 Å². The van der Waals surface area contributed by atoms with Crippen molar-refractivity contribution >= 4 is 18.5 Å². The van der Waals surface area contributed by atoms with E-state index in [9.17, 15) is 4.79 Å². The summed E-state index contributed by atoms with van der Waals surface area (Å²) >= 11 is 4.23. The van der Waals surface area contributed by atoms with Gasteiger partial charge >= 0.3 is 0 Å². The molecule has 0 fully saturated rings. The van der Waals surface area contributed by atoms with Crippen LogP contribution in [0.5, 0.6) is 0 Å². The molecule has 0 spiro atoms. The molecule has 2 N–H and O–H groups in total. The molecule has 6 heavy (non-hydrogen) atoms. The standard InChI is InChI=1S/C3H4NOS/c1-2(6)3(4)5/h1H2,(H2,4,5). The molecule has 0 atom stereocenters. The SMILES string of the molecule is C=C([S])C(N)=O. The quantitative estimate of drug-likeness (QED) is 0.471. The van der Waals surface area contributed by atoms with E-state index in [1.807, 2.05) is 0 Å². The molecule has 0 aliphatic carbocycles. The second-order valence-electron chi connectivity index (χ2n) is 0.787. The zero-order valence-corrected chi connectivity index (χ0v) is 3.92. The average Bonchev–Trinajstić information content (AvgIpc) is 1.36. The molecule has 0 aromatic heterocycles. The van der Waals surface area contributed by atoms with Gasteiger partial charge in [-0.05, 0) is 0 Å². The molecule has 1 radical (unpaired) electrons. The van der Waals surface area contributed by atoms with Crippen molar-refractivity contribution in [3.63, 3.8) is 0 Å². The lowest BCUT2D eigenvalue weighted by atomic mass is 10.6. The lowest BCUT2D eigenvalue weighted by Crippen LogP contribution is -2.08. The molecule has 0 heterocycles. The van der Waals surface area contributed by atoms with Crippen LogP contribution in [0.2, 0.25) is 0 Å². The van der Waals surface area contributed by atoms with E-state index in [1.165, 1.54) is 0 Å². The summed E-state index contributed by atoms with van der Waals surface area (Å²) in [6.07, 6.45) is 0. The first kappa shape index (κ1) is 5.43. The van der Waals surface area contributed by atoms with Crippen LogP contribution in [-0.2, 0) is 4.79 Å². The van der Waals surface area contributed by atoms with Crippen LogP contribution in [0.4, 0.5) is 0 Å². The van der Waals surface area contributed by atoms with Gasteiger partial charge in [0.05, 0.1) is 4.91 Å². The summed E-state index contributed by atoms with van der Waals surface area (Å²) in [6.45, 7) is 3.09. The lowest BCUT2D eigenvalue weighted by Gasteiger charge is -1.78. The van der Waals surface area contributed by atoms with E-state index in [-0.39, 0.29) is 4.91 Å². The Labute approximate surface area is 41.4 Å². The molecule has 0 bridgehead atoms. The van der Waals surface area contributed by atoms with Crippen molar-refractivity contribution in [2.24, 2.45) is 5.73 Å². The number of carbonyl (C=O) groups excluding carboxylic acids is 1. The fourth-order valence-electron chi connectivity index (χ4n) is 0. The van der Waals surface area contributed by atoms with Gasteiger partial charge in [-0.3, -0.25) is 4.79 Å². The van der Waals surface area contributed by atoms with E-state index in [2.05, 4.69) is 24.9 Å². The monoisotopic (exact) mass is 102 g/mol. The predicted octanol–water partition coefficient (Wildman–Crippen LogP) is 0.183. The highest BCUT2D eigenvalue weighted by atomic mass is 32.1. The largest absolute Gasteiger partial charge is 0.365 e. The minimum atomic E-state index is -0.620. The summed E-state index contributed by atoms with van der Waals surface area (Å²) in [6, 6.07) is 0. The number of amides is 1. The Morgan fingerprint density at radius 2 is 2.00 bits per heavy atom. The number of hydrogen-bond acceptors (Lipinski definition) is 1. The van der Waals surface area contributed by atoms with Crippen LogP contribution < -0.4 is 5.73 Å². The highest BCUT2D eigenvalue weighted by Crippen LogP contribution is 1.89. The maximum absolute atomic E-state index is 9.72. The van der Waals surface area contributed by atoms with Gasteiger partial charge in [-0.25, -0.2) is 0 Å². The fraction of sp³-hybridized carbons (Fsp3) is 0. The molecule has 0 aliphatic rings. The molecule has 0 rings (SSSR count). The number of carbonyl (C=O) groups is 1. The number of nitrogens with two attached hydrogens (primary N) is 1. The molecule has 0 unspecified atom stereocenters. The summed E-state index contributed by atoms with van der Waals surface area (Å²) in [5, 5.41) is 0. The summed E-state index contributed by atoms with van der Waals surface area (Å²) in [7, 11) is 0. The summed E-state index contributed by atoms with van der Waals surface area (Å²) in [4.78, 5) is 9.70. The van der Waals surface area contributed by atoms with Gasteiger partial charge in [-0.2, -0.15) is 0 Å². The van der Waals surface area contributed by atoms with Crippen molar-refractivity contribution in [2.75, 3.05) is 0 Å². The van der Waals surface area contributed by atoms with E-state index in [1.54, 1.807) is 0 Å². The van der Waals surface area contributed by atoms with E-state index in [0.717, 1.165) is 0 Å². The zero-order valence-electron chi connectivity index (χ0n) is 3.10. The Hall–Kier alpha value is -0.570. The first-order valence-electron chi connectivity index (χ1n) is 1.30. The molecule has 0 aromatic carbocycles. The van der Waals surface area contributed by atoms with Crippen LogP contribution >= 0.6 is 12.6 Å². The van der Waals surface area contributed by atoms with Crippen molar-refractivity contribution in [1.29, 1.82) is 0 Å². The normalized spacial score (nSPS) is 7.33. The molecule has 3 heteroatoms. The van der Waals surface area contributed by atoms with E-state index < -0.39 is 5.91 Å². The molecule has 0 aliphatic heterocycles. The second kappa shape index (κ2) is 1.77. The van der Waals surface area contributed by atoms with Crippen LogP contribution in [-0.4, -0.2) is 5.91 Å². The molecule has 0 saturated heterocycles. The molecule has 33 valence electrons. The van der Waals surface area contributed by atoms with Gasteiger partial charge in [0.1, 0.15) is 0 Å². The highest BCUT2D eigenvalue weighted by molar-refractivity contribution is 7.85. The van der Waals surface area contributed by atoms with Crippen LogP contribution in [0.15, 0.2) is 11.5 Å². The van der Waals surface area contributed by atoms with Crippen molar-refractivity contribution in [2.45, 2.75) is 0 Å². The third kappa shape index (κ3) is 1.72. The van der Waals surface area contributed by atoms with Crippen LogP contribution in [0, 0.1) is 0 Å². The Kier molecular flexibility index (Phi) is 1.60. The Morgan fingerprint density at radius 1 is 1.83 bits per heavy atom. The smallest absolute Gasteiger partial charge is 0.259 e. The summed E-state index contributed by atoms with van der Waals surface area (Å²) < 4.78 is 0. The molecule has 0 saturated carbocycles. The third-order valence-corrected chi connectivity index (χ3v) is 0.476. The molecule has 0 aromatic rings. The second-order valence-corrected chi connectivity index (χ2v) is 1.28. The maximum Gasteiger partial charge on any atom is 0.259 e. The maximum atomic E-state index is 9.72.